The van der Waals surface area contributed by atoms with Crippen LogP contribution in [0.4, 0.5) is 18.9 Å². The first kappa shape index (κ1) is 18.6. The van der Waals surface area contributed by atoms with Crippen molar-refractivity contribution in [1.29, 1.82) is 0 Å². The number of carbonyl (C=O) groups excluding carboxylic acids is 1. The van der Waals surface area contributed by atoms with Crippen LogP contribution in [0.25, 0.3) is 11.4 Å². The highest BCUT2D eigenvalue weighted by atomic mass is 19.4. The van der Waals surface area contributed by atoms with Gasteiger partial charge in [-0.25, -0.2) is 0 Å². The molecule has 0 atom stereocenters. The van der Waals surface area contributed by atoms with E-state index in [4.69, 9.17) is 0 Å². The average Bonchev–Trinajstić information content (AvgIpc) is 3.10. The smallest absolute Gasteiger partial charge is 0.324 e. The highest BCUT2D eigenvalue weighted by Gasteiger charge is 2.30. The van der Waals surface area contributed by atoms with Gasteiger partial charge in [0.05, 0.1) is 5.56 Å². The lowest BCUT2D eigenvalue weighted by Gasteiger charge is -2.09. The van der Waals surface area contributed by atoms with Crippen LogP contribution >= 0.6 is 0 Å². The first-order chi connectivity index (χ1) is 12.9. The minimum Gasteiger partial charge on any atom is -0.324 e. The molecule has 3 aromatic rings. The fourth-order valence-electron chi connectivity index (χ4n) is 2.53. The Bertz CT molecular complexity index is 952. The molecule has 0 spiro atoms. The molecule has 0 radical (unpaired) electrons. The number of hydrogen-bond donors (Lipinski definition) is 1. The van der Waals surface area contributed by atoms with Gasteiger partial charge in [0.15, 0.2) is 0 Å². The highest BCUT2D eigenvalue weighted by Crippen LogP contribution is 2.31. The van der Waals surface area contributed by atoms with Gasteiger partial charge in [0, 0.05) is 11.3 Å². The quantitative estimate of drug-likeness (QED) is 0.740. The van der Waals surface area contributed by atoms with Crippen LogP contribution in [0.3, 0.4) is 0 Å². The zero-order valence-electron chi connectivity index (χ0n) is 14.4. The van der Waals surface area contributed by atoms with Gasteiger partial charge in [0.25, 0.3) is 0 Å². The minimum absolute atomic E-state index is 0.0165. The van der Waals surface area contributed by atoms with Crippen molar-refractivity contribution >= 4 is 11.6 Å². The second-order valence-corrected chi connectivity index (χ2v) is 5.78. The van der Waals surface area contributed by atoms with E-state index in [1.165, 1.54) is 12.1 Å². The maximum absolute atomic E-state index is 12.8. The van der Waals surface area contributed by atoms with Crippen molar-refractivity contribution < 1.29 is 18.0 Å². The van der Waals surface area contributed by atoms with Crippen LogP contribution in [0.5, 0.6) is 0 Å². The second kappa shape index (κ2) is 7.56. The Morgan fingerprint density at radius 3 is 2.67 bits per heavy atom. The van der Waals surface area contributed by atoms with Gasteiger partial charge in [0.1, 0.15) is 6.54 Å². The molecule has 1 aromatic heterocycles. The van der Waals surface area contributed by atoms with Crippen molar-refractivity contribution in [1.82, 2.24) is 20.2 Å². The highest BCUT2D eigenvalue weighted by molar-refractivity contribution is 5.91. The molecule has 6 nitrogen and oxygen atoms in total. The van der Waals surface area contributed by atoms with Gasteiger partial charge in [0.2, 0.25) is 11.7 Å². The number of anilines is 1. The number of nitrogens with zero attached hydrogens (tertiary/aromatic N) is 4. The van der Waals surface area contributed by atoms with Gasteiger partial charge in [-0.3, -0.25) is 4.79 Å². The Morgan fingerprint density at radius 2 is 1.93 bits per heavy atom. The first-order valence-corrected chi connectivity index (χ1v) is 8.20. The van der Waals surface area contributed by atoms with E-state index in [0.29, 0.717) is 5.69 Å². The molecule has 0 saturated carbocycles. The third kappa shape index (κ3) is 4.49. The number of alkyl halides is 3. The van der Waals surface area contributed by atoms with Crippen molar-refractivity contribution in [2.45, 2.75) is 26.1 Å². The lowest BCUT2D eigenvalue weighted by atomic mass is 10.1. The topological polar surface area (TPSA) is 72.7 Å². The third-order valence-electron chi connectivity index (χ3n) is 3.86. The van der Waals surface area contributed by atoms with Gasteiger partial charge in [-0.1, -0.05) is 37.3 Å². The first-order valence-electron chi connectivity index (χ1n) is 8.20. The molecule has 0 aliphatic rings. The fourth-order valence-corrected chi connectivity index (χ4v) is 2.53. The van der Waals surface area contributed by atoms with Gasteiger partial charge < -0.3 is 5.32 Å². The van der Waals surface area contributed by atoms with E-state index in [2.05, 4.69) is 20.7 Å². The maximum Gasteiger partial charge on any atom is 0.416 e. The predicted octanol–water partition coefficient (Wildman–Crippen LogP) is 3.56. The van der Waals surface area contributed by atoms with E-state index >= 15 is 0 Å². The van der Waals surface area contributed by atoms with Crippen molar-refractivity contribution in [3.63, 3.8) is 0 Å². The summed E-state index contributed by atoms with van der Waals surface area (Å²) in [7, 11) is 0. The van der Waals surface area contributed by atoms with E-state index in [1.54, 1.807) is 6.07 Å². The molecular formula is C18H16F3N5O. The SMILES string of the molecule is CCc1ccccc1NC(=O)Cn1nnc(-c2cccc(C(F)(F)F)c2)n1. The van der Waals surface area contributed by atoms with Crippen LogP contribution < -0.4 is 5.32 Å². The van der Waals surface area contributed by atoms with Gasteiger partial charge in [-0.2, -0.15) is 18.0 Å². The zero-order valence-corrected chi connectivity index (χ0v) is 14.4. The molecule has 9 heteroatoms. The summed E-state index contributed by atoms with van der Waals surface area (Å²) in [5.74, 6) is -0.341. The third-order valence-corrected chi connectivity index (χ3v) is 3.86. The summed E-state index contributed by atoms with van der Waals surface area (Å²) < 4.78 is 38.4. The lowest BCUT2D eigenvalue weighted by molar-refractivity contribution is -0.137. The molecule has 0 saturated heterocycles. The molecule has 0 bridgehead atoms. The van der Waals surface area contributed by atoms with Crippen LogP contribution in [0.2, 0.25) is 0 Å². The van der Waals surface area contributed by atoms with Crippen molar-refractivity contribution in [2.75, 3.05) is 5.32 Å². The predicted molar refractivity (Wildman–Crippen MR) is 92.7 cm³/mol. The Labute approximate surface area is 153 Å². The van der Waals surface area contributed by atoms with Crippen molar-refractivity contribution in [3.8, 4) is 11.4 Å². The number of tetrazole rings is 1. The van der Waals surface area contributed by atoms with Crippen LogP contribution in [0, 0.1) is 0 Å². The summed E-state index contributed by atoms with van der Waals surface area (Å²) in [5.41, 5.74) is 1.06. The zero-order chi connectivity index (χ0) is 19.4. The summed E-state index contributed by atoms with van der Waals surface area (Å²) in [6.45, 7) is 1.77. The molecule has 0 unspecified atom stereocenters. The standard InChI is InChI=1S/C18H16F3N5O/c1-2-12-6-3-4-9-15(12)22-16(27)11-26-24-17(23-25-26)13-7-5-8-14(10-13)18(19,20)21/h3-10H,2,11H2,1H3,(H,22,27). The molecule has 3 rings (SSSR count). The summed E-state index contributed by atoms with van der Waals surface area (Å²) in [6.07, 6.45) is -3.70. The van der Waals surface area contributed by atoms with Crippen molar-refractivity contribution in [3.05, 3.63) is 59.7 Å². The molecular weight excluding hydrogens is 359 g/mol. The van der Waals surface area contributed by atoms with E-state index in [-0.39, 0.29) is 23.8 Å². The molecule has 2 aromatic carbocycles. The monoisotopic (exact) mass is 375 g/mol. The van der Waals surface area contributed by atoms with Gasteiger partial charge in [-0.05, 0) is 35.4 Å². The Kier molecular flexibility index (Phi) is 5.20. The Hall–Kier alpha value is -3.23. The fraction of sp³-hybridized carbons (Fsp3) is 0.222. The van der Waals surface area contributed by atoms with E-state index in [0.717, 1.165) is 28.9 Å². The van der Waals surface area contributed by atoms with Crippen LogP contribution in [-0.2, 0) is 23.9 Å². The lowest BCUT2D eigenvalue weighted by Crippen LogP contribution is -2.21. The molecule has 0 fully saturated rings. The minimum atomic E-state index is -4.46. The largest absolute Gasteiger partial charge is 0.416 e. The Morgan fingerprint density at radius 1 is 1.15 bits per heavy atom. The molecule has 140 valence electrons. The normalized spacial score (nSPS) is 11.4. The second-order valence-electron chi connectivity index (χ2n) is 5.78. The molecule has 0 aliphatic carbocycles. The molecule has 1 N–H and O–H groups in total. The number of halogens is 3. The summed E-state index contributed by atoms with van der Waals surface area (Å²) in [4.78, 5) is 13.2. The summed E-state index contributed by atoms with van der Waals surface area (Å²) in [5, 5.41) is 14.2. The number of aryl methyl sites for hydroxylation is 1. The molecule has 1 amide bonds. The number of carbonyl (C=O) groups is 1. The van der Waals surface area contributed by atoms with E-state index in [9.17, 15) is 18.0 Å². The number of rotatable bonds is 5. The van der Waals surface area contributed by atoms with Crippen LogP contribution in [-0.4, -0.2) is 26.1 Å². The number of aromatic nitrogens is 4. The van der Waals surface area contributed by atoms with Gasteiger partial charge in [-0.15, -0.1) is 10.2 Å². The van der Waals surface area contributed by atoms with Gasteiger partial charge >= 0.3 is 6.18 Å². The average molecular weight is 375 g/mol. The van der Waals surface area contributed by atoms with Crippen molar-refractivity contribution in [2.24, 2.45) is 0 Å². The van der Waals surface area contributed by atoms with E-state index in [1.807, 2.05) is 25.1 Å². The molecule has 27 heavy (non-hydrogen) atoms. The number of hydrogen-bond acceptors (Lipinski definition) is 4. The summed E-state index contributed by atoms with van der Waals surface area (Å²) in [6, 6.07) is 12.0. The number of benzene rings is 2. The summed E-state index contributed by atoms with van der Waals surface area (Å²) >= 11 is 0. The number of amides is 1. The molecule has 1 heterocycles. The Balaban J connectivity index is 1.72. The number of nitrogens with one attached hydrogen (secondary N) is 1. The van der Waals surface area contributed by atoms with E-state index < -0.39 is 11.7 Å². The molecule has 0 aliphatic heterocycles. The maximum atomic E-state index is 12.8. The van der Waals surface area contributed by atoms with Crippen LogP contribution in [0.1, 0.15) is 18.1 Å². The van der Waals surface area contributed by atoms with Crippen LogP contribution in [0.15, 0.2) is 48.5 Å². The number of para-hydroxylation sites is 1.